The summed E-state index contributed by atoms with van der Waals surface area (Å²) in [7, 11) is 0. The zero-order chi connectivity index (χ0) is 24.2. The predicted octanol–water partition coefficient (Wildman–Crippen LogP) is 9.18. The van der Waals surface area contributed by atoms with Gasteiger partial charge in [-0.2, -0.15) is 0 Å². The van der Waals surface area contributed by atoms with Crippen LogP contribution in [0.2, 0.25) is 0 Å². The Bertz CT molecular complexity index is 1280. The van der Waals surface area contributed by atoms with E-state index in [1.165, 1.54) is 35.2 Å². The second-order valence-electron chi connectivity index (χ2n) is 8.71. The van der Waals surface area contributed by atoms with Crippen LogP contribution in [0.25, 0.3) is 0 Å². The van der Waals surface area contributed by atoms with Crippen LogP contribution >= 0.6 is 45.2 Å². The van der Waals surface area contributed by atoms with E-state index in [0.29, 0.717) is 0 Å². The summed E-state index contributed by atoms with van der Waals surface area (Å²) in [5.74, 6) is 0. The van der Waals surface area contributed by atoms with Crippen molar-refractivity contribution in [3.63, 3.8) is 0 Å². The van der Waals surface area contributed by atoms with E-state index in [0.717, 1.165) is 18.5 Å². The zero-order valence-electron chi connectivity index (χ0n) is 19.4. The Morgan fingerprint density at radius 3 is 1.83 bits per heavy atom. The van der Waals surface area contributed by atoms with Crippen LogP contribution in [-0.4, -0.2) is 0 Å². The predicted molar refractivity (Wildman–Crippen MR) is 164 cm³/mol. The topological polar surface area (TPSA) is 15.3 Å². The van der Waals surface area contributed by atoms with Crippen molar-refractivity contribution in [2.45, 2.75) is 24.9 Å². The minimum absolute atomic E-state index is 0.0825. The molecule has 0 saturated carbocycles. The average molecular weight is 681 g/mol. The Balaban J connectivity index is 1.70. The van der Waals surface area contributed by atoms with Gasteiger partial charge in [-0.1, -0.05) is 60.7 Å². The van der Waals surface area contributed by atoms with E-state index in [2.05, 4.69) is 172 Å². The minimum atomic E-state index is 0.0825. The quantitative estimate of drug-likeness (QED) is 0.204. The first kappa shape index (κ1) is 24.4. The van der Waals surface area contributed by atoms with E-state index in [4.69, 9.17) is 0 Å². The maximum absolute atomic E-state index is 4.40. The fourth-order valence-corrected chi connectivity index (χ4v) is 5.67. The van der Waals surface area contributed by atoms with Crippen molar-refractivity contribution >= 4 is 56.6 Å². The van der Waals surface area contributed by atoms with Gasteiger partial charge < -0.3 is 10.2 Å². The van der Waals surface area contributed by atoms with Gasteiger partial charge in [-0.25, -0.2) is 0 Å². The normalized spacial score (nSPS) is 18.0. The first-order valence-electron chi connectivity index (χ1n) is 11.8. The fraction of sp³-hybridized carbons (Fsp3) is 0.129. The molecule has 1 N–H and O–H groups in total. The van der Waals surface area contributed by atoms with Crippen LogP contribution in [0.4, 0.5) is 11.4 Å². The molecule has 1 heterocycles. The molecule has 4 aromatic carbocycles. The van der Waals surface area contributed by atoms with E-state index < -0.39 is 0 Å². The largest absolute Gasteiger partial charge is 0.359 e. The van der Waals surface area contributed by atoms with Gasteiger partial charge in [-0.05, 0) is 124 Å². The molecule has 2 unspecified atom stereocenters. The lowest BCUT2D eigenvalue weighted by Crippen LogP contribution is -2.39. The first-order valence-corrected chi connectivity index (χ1v) is 14.0. The maximum atomic E-state index is 4.40. The van der Waals surface area contributed by atoms with Crippen LogP contribution in [0.15, 0.2) is 120 Å². The molecule has 1 aliphatic rings. The lowest BCUT2D eigenvalue weighted by molar-refractivity contribution is 0.519. The Labute approximate surface area is 235 Å². The highest BCUT2D eigenvalue weighted by Crippen LogP contribution is 2.48. The summed E-state index contributed by atoms with van der Waals surface area (Å²) < 4.78 is 2.47. The van der Waals surface area contributed by atoms with E-state index in [1.807, 2.05) is 0 Å². The summed E-state index contributed by atoms with van der Waals surface area (Å²) in [6.45, 7) is 4.40. The van der Waals surface area contributed by atoms with Gasteiger partial charge in [-0.15, -0.1) is 0 Å². The van der Waals surface area contributed by atoms with E-state index >= 15 is 0 Å². The van der Waals surface area contributed by atoms with Crippen LogP contribution in [0, 0.1) is 14.1 Å². The molecular formula is C31H27I2N2. The molecule has 4 aromatic rings. The molecular weight excluding hydrogens is 654 g/mol. The number of rotatable bonds is 6. The van der Waals surface area contributed by atoms with E-state index in [-0.39, 0.29) is 12.1 Å². The number of halogens is 2. The maximum Gasteiger partial charge on any atom is 0.0782 e. The highest BCUT2D eigenvalue weighted by atomic mass is 127. The number of anilines is 2. The molecule has 0 aliphatic carbocycles. The summed E-state index contributed by atoms with van der Waals surface area (Å²) in [4.78, 5) is 2.60. The summed E-state index contributed by atoms with van der Waals surface area (Å²) in [6.07, 6.45) is 1.62. The third-order valence-corrected chi connectivity index (χ3v) is 8.00. The van der Waals surface area contributed by atoms with E-state index in [1.54, 1.807) is 0 Å². The van der Waals surface area contributed by atoms with Crippen molar-refractivity contribution in [1.29, 1.82) is 0 Å². The van der Waals surface area contributed by atoms with Crippen LogP contribution in [0.5, 0.6) is 0 Å². The Morgan fingerprint density at radius 1 is 0.714 bits per heavy atom. The molecule has 0 aromatic heterocycles. The smallest absolute Gasteiger partial charge is 0.0782 e. The van der Waals surface area contributed by atoms with Crippen molar-refractivity contribution in [1.82, 2.24) is 0 Å². The molecule has 0 bridgehead atoms. The highest BCUT2D eigenvalue weighted by Gasteiger charge is 2.37. The molecule has 0 fully saturated rings. The molecule has 4 heteroatoms. The molecule has 0 spiro atoms. The van der Waals surface area contributed by atoms with Crippen molar-refractivity contribution in [3.05, 3.63) is 146 Å². The second-order valence-corrected chi connectivity index (χ2v) is 11.2. The lowest BCUT2D eigenvalue weighted by atomic mass is 9.83. The second kappa shape index (κ2) is 11.2. The van der Waals surface area contributed by atoms with Crippen LogP contribution in [0.3, 0.4) is 0 Å². The fourth-order valence-electron chi connectivity index (χ4n) is 4.96. The average Bonchev–Trinajstić information content (AvgIpc) is 2.91. The summed E-state index contributed by atoms with van der Waals surface area (Å²) in [5, 5.41) is 3.80. The van der Waals surface area contributed by atoms with Crippen LogP contribution < -0.4 is 10.2 Å². The zero-order valence-corrected chi connectivity index (χ0v) is 23.7. The standard InChI is InChI=1S/C31H27I2N2/c1-2-28-29(34-26-17-13-24(32)14-18-26)21-30(22-9-5-3-6-10-22)35(27-19-15-25(33)16-20-27)31(28)23-11-7-4-8-12-23/h3-20,30-31,34H,1-2,21H2. The highest BCUT2D eigenvalue weighted by molar-refractivity contribution is 14.1. The van der Waals surface area contributed by atoms with Crippen molar-refractivity contribution < 1.29 is 0 Å². The molecule has 2 nitrogen and oxygen atoms in total. The first-order chi connectivity index (χ1) is 17.1. The summed E-state index contributed by atoms with van der Waals surface area (Å²) >= 11 is 4.74. The molecule has 0 saturated heterocycles. The molecule has 2 atom stereocenters. The Hall–Kier alpha value is -2.32. The molecule has 1 radical (unpaired) electrons. The van der Waals surface area contributed by atoms with Gasteiger partial charge in [-0.3, -0.25) is 0 Å². The molecule has 5 rings (SSSR count). The van der Waals surface area contributed by atoms with Gasteiger partial charge in [0.05, 0.1) is 12.1 Å². The molecule has 175 valence electrons. The number of nitrogens with one attached hydrogen (secondary N) is 1. The molecule has 1 aliphatic heterocycles. The van der Waals surface area contributed by atoms with Gasteiger partial charge >= 0.3 is 0 Å². The molecule has 35 heavy (non-hydrogen) atoms. The number of hydrogen-bond acceptors (Lipinski definition) is 2. The number of benzene rings is 4. The van der Waals surface area contributed by atoms with Gasteiger partial charge in [0.15, 0.2) is 0 Å². The summed E-state index contributed by atoms with van der Waals surface area (Å²) in [5.41, 5.74) is 7.55. The van der Waals surface area contributed by atoms with Crippen molar-refractivity contribution in [2.75, 3.05) is 10.2 Å². The van der Waals surface area contributed by atoms with Gasteiger partial charge in [0.25, 0.3) is 0 Å². The van der Waals surface area contributed by atoms with Crippen LogP contribution in [0.1, 0.15) is 36.1 Å². The van der Waals surface area contributed by atoms with Crippen LogP contribution in [-0.2, 0) is 0 Å². The van der Waals surface area contributed by atoms with Crippen molar-refractivity contribution in [3.8, 4) is 0 Å². The van der Waals surface area contributed by atoms with Gasteiger partial charge in [0.2, 0.25) is 0 Å². The third-order valence-electron chi connectivity index (χ3n) is 6.56. The third kappa shape index (κ3) is 5.43. The monoisotopic (exact) mass is 681 g/mol. The Kier molecular flexibility index (Phi) is 7.78. The van der Waals surface area contributed by atoms with E-state index in [9.17, 15) is 0 Å². The van der Waals surface area contributed by atoms with Crippen molar-refractivity contribution in [2.24, 2.45) is 0 Å². The minimum Gasteiger partial charge on any atom is -0.359 e. The number of hydrogen-bond donors (Lipinski definition) is 1. The lowest BCUT2D eigenvalue weighted by Gasteiger charge is -2.46. The SMILES string of the molecule is [CH2]CC1=C(Nc2ccc(I)cc2)CC(c2ccccc2)N(c2ccc(I)cc2)C1c1ccccc1. The summed E-state index contributed by atoms with van der Waals surface area (Å²) in [6, 6.07) is 39.6. The Morgan fingerprint density at radius 2 is 1.26 bits per heavy atom. The number of nitrogens with zero attached hydrogens (tertiary/aromatic N) is 1. The molecule has 0 amide bonds. The van der Waals surface area contributed by atoms with Gasteiger partial charge in [0.1, 0.15) is 0 Å². The van der Waals surface area contributed by atoms with Gasteiger partial charge in [0, 0.05) is 30.6 Å².